The number of hydrogen-bond donors (Lipinski definition) is 2. The number of aromatic amines is 1. The molecule has 0 spiro atoms. The fourth-order valence-corrected chi connectivity index (χ4v) is 3.51. The first kappa shape index (κ1) is 10.1. The molecule has 1 aliphatic heterocycles. The van der Waals surface area contributed by atoms with Gasteiger partial charge in [-0.3, -0.25) is 5.10 Å². The van der Waals surface area contributed by atoms with Gasteiger partial charge in [-0.2, -0.15) is 5.10 Å². The Bertz CT molecular complexity index is 493. The molecule has 1 unspecified atom stereocenters. The fourth-order valence-electron chi connectivity index (χ4n) is 2.47. The Morgan fingerprint density at radius 2 is 2.31 bits per heavy atom. The molecule has 1 aliphatic rings. The quantitative estimate of drug-likeness (QED) is 0.793. The molecule has 0 aromatic carbocycles. The standard InChI is InChI=1S/C12H15N3S/c1-7-10(8(2)15-14-7)11-12-9(3-5-13-11)4-6-16-12/h4,6,11,13H,3,5H2,1-2H3,(H,14,15). The van der Waals surface area contributed by atoms with Gasteiger partial charge >= 0.3 is 0 Å². The molecule has 0 amide bonds. The number of hydrogen-bond acceptors (Lipinski definition) is 3. The van der Waals surface area contributed by atoms with Crippen LogP contribution in [0.2, 0.25) is 0 Å². The van der Waals surface area contributed by atoms with Gasteiger partial charge in [-0.15, -0.1) is 11.3 Å². The lowest BCUT2D eigenvalue weighted by Crippen LogP contribution is -2.29. The Balaban J connectivity index is 2.10. The van der Waals surface area contributed by atoms with Crippen molar-refractivity contribution >= 4 is 11.3 Å². The van der Waals surface area contributed by atoms with E-state index in [4.69, 9.17) is 0 Å². The van der Waals surface area contributed by atoms with Gasteiger partial charge in [0.25, 0.3) is 0 Å². The van der Waals surface area contributed by atoms with E-state index in [1.165, 1.54) is 21.7 Å². The second-order valence-corrected chi connectivity index (χ2v) is 5.24. The molecule has 2 N–H and O–H groups in total. The van der Waals surface area contributed by atoms with Crippen molar-refractivity contribution in [1.29, 1.82) is 0 Å². The van der Waals surface area contributed by atoms with Crippen LogP contribution in [0.25, 0.3) is 0 Å². The van der Waals surface area contributed by atoms with Crippen molar-refractivity contribution in [2.24, 2.45) is 0 Å². The summed E-state index contributed by atoms with van der Waals surface area (Å²) in [5, 5.41) is 13.1. The van der Waals surface area contributed by atoms with Crippen molar-refractivity contribution in [1.82, 2.24) is 15.5 Å². The molecule has 3 nitrogen and oxygen atoms in total. The van der Waals surface area contributed by atoms with Crippen LogP contribution in [-0.4, -0.2) is 16.7 Å². The van der Waals surface area contributed by atoms with Gasteiger partial charge in [0.05, 0.1) is 11.7 Å². The highest BCUT2D eigenvalue weighted by Gasteiger charge is 2.26. The number of thiophene rings is 1. The molecule has 4 heteroatoms. The molecule has 0 saturated carbocycles. The number of nitrogens with one attached hydrogen (secondary N) is 2. The Morgan fingerprint density at radius 3 is 3.06 bits per heavy atom. The van der Waals surface area contributed by atoms with Gasteiger partial charge in [0.1, 0.15) is 0 Å². The summed E-state index contributed by atoms with van der Waals surface area (Å²) in [4.78, 5) is 1.46. The lowest BCUT2D eigenvalue weighted by Gasteiger charge is -2.24. The van der Waals surface area contributed by atoms with Gasteiger partial charge in [-0.25, -0.2) is 0 Å². The van der Waals surface area contributed by atoms with Crippen LogP contribution in [0.3, 0.4) is 0 Å². The normalized spacial score (nSPS) is 19.8. The van der Waals surface area contributed by atoms with Crippen molar-refractivity contribution in [2.45, 2.75) is 26.3 Å². The van der Waals surface area contributed by atoms with Crippen molar-refractivity contribution in [3.05, 3.63) is 38.8 Å². The lowest BCUT2D eigenvalue weighted by molar-refractivity contribution is 0.574. The van der Waals surface area contributed by atoms with Crippen LogP contribution in [0, 0.1) is 13.8 Å². The largest absolute Gasteiger partial charge is 0.305 e. The van der Waals surface area contributed by atoms with Gasteiger partial charge in [0.15, 0.2) is 0 Å². The summed E-state index contributed by atoms with van der Waals surface area (Å²) in [5.74, 6) is 0. The van der Waals surface area contributed by atoms with E-state index in [1.54, 1.807) is 0 Å². The third-order valence-electron chi connectivity index (χ3n) is 3.26. The first-order valence-electron chi connectivity index (χ1n) is 5.58. The van der Waals surface area contributed by atoms with E-state index >= 15 is 0 Å². The zero-order valence-corrected chi connectivity index (χ0v) is 10.3. The van der Waals surface area contributed by atoms with Crippen molar-refractivity contribution in [3.8, 4) is 0 Å². The molecule has 84 valence electrons. The summed E-state index contributed by atoms with van der Waals surface area (Å²) in [6.45, 7) is 5.22. The molecule has 2 aromatic rings. The van der Waals surface area contributed by atoms with Crippen LogP contribution in [0.15, 0.2) is 11.4 Å². The number of rotatable bonds is 1. The first-order chi connectivity index (χ1) is 7.77. The third-order valence-corrected chi connectivity index (χ3v) is 4.28. The zero-order valence-electron chi connectivity index (χ0n) is 9.50. The van der Waals surface area contributed by atoms with E-state index < -0.39 is 0 Å². The molecule has 16 heavy (non-hydrogen) atoms. The molecular weight excluding hydrogens is 218 g/mol. The van der Waals surface area contributed by atoms with E-state index in [-0.39, 0.29) is 0 Å². The van der Waals surface area contributed by atoms with E-state index in [2.05, 4.69) is 40.8 Å². The molecule has 0 bridgehead atoms. The van der Waals surface area contributed by atoms with E-state index in [0.717, 1.165) is 18.7 Å². The highest BCUT2D eigenvalue weighted by Crippen LogP contribution is 2.34. The van der Waals surface area contributed by atoms with E-state index in [1.807, 2.05) is 11.3 Å². The minimum absolute atomic E-state index is 0.336. The number of fused-ring (bicyclic) bond motifs is 1. The summed E-state index contributed by atoms with van der Waals surface area (Å²) in [7, 11) is 0. The average Bonchev–Trinajstić information content (AvgIpc) is 2.86. The summed E-state index contributed by atoms with van der Waals surface area (Å²) in [6, 6.07) is 2.58. The van der Waals surface area contributed by atoms with Crippen LogP contribution in [0.5, 0.6) is 0 Å². The summed E-state index contributed by atoms with van der Waals surface area (Å²) in [6.07, 6.45) is 1.14. The Labute approximate surface area is 98.9 Å². The lowest BCUT2D eigenvalue weighted by atomic mass is 9.96. The van der Waals surface area contributed by atoms with Crippen LogP contribution >= 0.6 is 11.3 Å². The molecule has 3 heterocycles. The highest BCUT2D eigenvalue weighted by atomic mass is 32.1. The summed E-state index contributed by atoms with van der Waals surface area (Å²) >= 11 is 1.84. The summed E-state index contributed by atoms with van der Waals surface area (Å²) < 4.78 is 0. The second-order valence-electron chi connectivity index (χ2n) is 4.29. The Morgan fingerprint density at radius 1 is 1.44 bits per heavy atom. The van der Waals surface area contributed by atoms with Crippen molar-refractivity contribution in [2.75, 3.05) is 6.54 Å². The number of aromatic nitrogens is 2. The van der Waals surface area contributed by atoms with Gasteiger partial charge in [-0.1, -0.05) is 0 Å². The number of aryl methyl sites for hydroxylation is 2. The Hall–Kier alpha value is -1.13. The molecule has 2 aromatic heterocycles. The monoisotopic (exact) mass is 233 g/mol. The predicted molar refractivity (Wildman–Crippen MR) is 65.9 cm³/mol. The van der Waals surface area contributed by atoms with Gasteiger partial charge in [-0.05, 0) is 37.3 Å². The van der Waals surface area contributed by atoms with Crippen molar-refractivity contribution < 1.29 is 0 Å². The van der Waals surface area contributed by atoms with E-state index in [9.17, 15) is 0 Å². The molecule has 3 rings (SSSR count). The molecule has 0 aliphatic carbocycles. The Kier molecular flexibility index (Phi) is 2.33. The SMILES string of the molecule is Cc1n[nH]c(C)c1C1NCCc2ccsc21. The van der Waals surface area contributed by atoms with Crippen LogP contribution in [0.4, 0.5) is 0 Å². The fraction of sp³-hybridized carbons (Fsp3) is 0.417. The minimum atomic E-state index is 0.336. The highest BCUT2D eigenvalue weighted by molar-refractivity contribution is 7.10. The van der Waals surface area contributed by atoms with Crippen molar-refractivity contribution in [3.63, 3.8) is 0 Å². The molecule has 0 radical (unpaired) electrons. The maximum atomic E-state index is 4.29. The summed E-state index contributed by atoms with van der Waals surface area (Å²) in [5.41, 5.74) is 5.10. The molecule has 1 atom stereocenters. The van der Waals surface area contributed by atoms with Gasteiger partial charge in [0, 0.05) is 22.7 Å². The molecule has 0 fully saturated rings. The number of H-pyrrole nitrogens is 1. The predicted octanol–water partition coefficient (Wildman–Crippen LogP) is 2.32. The minimum Gasteiger partial charge on any atom is -0.305 e. The van der Waals surface area contributed by atoms with Crippen LogP contribution in [-0.2, 0) is 6.42 Å². The van der Waals surface area contributed by atoms with Crippen LogP contribution in [0.1, 0.15) is 33.4 Å². The average molecular weight is 233 g/mol. The zero-order chi connectivity index (χ0) is 11.1. The van der Waals surface area contributed by atoms with E-state index in [0.29, 0.717) is 6.04 Å². The first-order valence-corrected chi connectivity index (χ1v) is 6.46. The van der Waals surface area contributed by atoms with Gasteiger partial charge in [0.2, 0.25) is 0 Å². The molecular formula is C12H15N3S. The maximum absolute atomic E-state index is 4.29. The maximum Gasteiger partial charge on any atom is 0.0710 e. The topological polar surface area (TPSA) is 40.7 Å². The smallest absolute Gasteiger partial charge is 0.0710 e. The third kappa shape index (κ3) is 1.41. The molecule has 0 saturated heterocycles. The number of nitrogens with zero attached hydrogens (tertiary/aromatic N) is 1. The van der Waals surface area contributed by atoms with Crippen LogP contribution < -0.4 is 5.32 Å². The van der Waals surface area contributed by atoms with Gasteiger partial charge < -0.3 is 5.32 Å². The second kappa shape index (κ2) is 3.71.